The Hall–Kier alpha value is -0.100. The highest BCUT2D eigenvalue weighted by molar-refractivity contribution is 9.12. The van der Waals surface area contributed by atoms with Crippen LogP contribution in [0.15, 0.2) is 0 Å². The van der Waals surface area contributed by atoms with E-state index in [0.717, 1.165) is 0 Å². The SMILES string of the molecule is O=C(O)[C@@H]1C[C@H](Br)[C@@H](Br)C[C@H]1C(=O)O. The third-order valence-corrected chi connectivity index (χ3v) is 5.20. The van der Waals surface area contributed by atoms with Gasteiger partial charge in [0.1, 0.15) is 0 Å². The van der Waals surface area contributed by atoms with Crippen molar-refractivity contribution >= 4 is 43.8 Å². The summed E-state index contributed by atoms with van der Waals surface area (Å²) >= 11 is 6.67. The number of rotatable bonds is 2. The minimum absolute atomic E-state index is 0.0270. The highest BCUT2D eigenvalue weighted by Gasteiger charge is 2.42. The fraction of sp³-hybridized carbons (Fsp3) is 0.750. The molecule has 0 aromatic heterocycles. The van der Waals surface area contributed by atoms with E-state index in [1.54, 1.807) is 0 Å². The lowest BCUT2D eigenvalue weighted by molar-refractivity contribution is -0.155. The summed E-state index contributed by atoms with van der Waals surface area (Å²) in [5.41, 5.74) is 0. The first-order valence-corrected chi connectivity index (χ1v) is 6.00. The molecule has 1 aliphatic carbocycles. The topological polar surface area (TPSA) is 74.6 Å². The monoisotopic (exact) mass is 328 g/mol. The molecule has 0 unspecified atom stereocenters. The van der Waals surface area contributed by atoms with Gasteiger partial charge in [-0.15, -0.1) is 0 Å². The second-order valence-electron chi connectivity index (χ2n) is 3.39. The molecule has 1 fully saturated rings. The predicted molar refractivity (Wildman–Crippen MR) is 56.9 cm³/mol. The molecule has 4 nitrogen and oxygen atoms in total. The first-order chi connectivity index (χ1) is 6.43. The van der Waals surface area contributed by atoms with Gasteiger partial charge >= 0.3 is 11.9 Å². The number of hydrogen-bond acceptors (Lipinski definition) is 2. The van der Waals surface area contributed by atoms with E-state index in [9.17, 15) is 9.59 Å². The van der Waals surface area contributed by atoms with Gasteiger partial charge in [0, 0.05) is 9.65 Å². The van der Waals surface area contributed by atoms with E-state index in [0.29, 0.717) is 12.8 Å². The van der Waals surface area contributed by atoms with Gasteiger partial charge in [-0.3, -0.25) is 9.59 Å². The van der Waals surface area contributed by atoms with Crippen molar-refractivity contribution in [3.05, 3.63) is 0 Å². The fourth-order valence-corrected chi connectivity index (χ4v) is 2.89. The Kier molecular flexibility index (Phi) is 3.94. The van der Waals surface area contributed by atoms with Gasteiger partial charge in [-0.1, -0.05) is 31.9 Å². The molecular weight excluding hydrogens is 320 g/mol. The molecule has 6 heteroatoms. The van der Waals surface area contributed by atoms with Crippen LogP contribution in [0.25, 0.3) is 0 Å². The summed E-state index contributed by atoms with van der Waals surface area (Å²) in [5.74, 6) is -3.63. The Balaban J connectivity index is 2.80. The Morgan fingerprint density at radius 3 is 1.43 bits per heavy atom. The maximum Gasteiger partial charge on any atom is 0.307 e. The zero-order chi connectivity index (χ0) is 10.9. The minimum atomic E-state index is -1.03. The molecule has 0 aromatic rings. The van der Waals surface area contributed by atoms with Crippen LogP contribution in [0.5, 0.6) is 0 Å². The van der Waals surface area contributed by atoms with Crippen LogP contribution >= 0.6 is 31.9 Å². The molecule has 0 heterocycles. The average molecular weight is 330 g/mol. The van der Waals surface area contributed by atoms with E-state index in [1.807, 2.05) is 0 Å². The van der Waals surface area contributed by atoms with E-state index >= 15 is 0 Å². The van der Waals surface area contributed by atoms with Crippen LogP contribution in [0.1, 0.15) is 12.8 Å². The Labute approximate surface area is 97.9 Å². The fourth-order valence-electron chi connectivity index (χ4n) is 1.65. The van der Waals surface area contributed by atoms with Crippen molar-refractivity contribution in [3.8, 4) is 0 Å². The highest BCUT2D eigenvalue weighted by Crippen LogP contribution is 2.37. The maximum absolute atomic E-state index is 10.8. The van der Waals surface area contributed by atoms with Crippen LogP contribution in [-0.2, 0) is 9.59 Å². The van der Waals surface area contributed by atoms with Crippen molar-refractivity contribution in [1.29, 1.82) is 0 Å². The molecule has 0 aromatic carbocycles. The summed E-state index contributed by atoms with van der Waals surface area (Å²) in [6.45, 7) is 0. The first kappa shape index (κ1) is 12.0. The Morgan fingerprint density at radius 2 is 1.21 bits per heavy atom. The summed E-state index contributed by atoms with van der Waals surface area (Å²) in [5, 5.41) is 17.7. The summed E-state index contributed by atoms with van der Waals surface area (Å²) in [7, 11) is 0. The number of carboxylic acids is 2. The highest BCUT2D eigenvalue weighted by atomic mass is 79.9. The summed E-state index contributed by atoms with van der Waals surface area (Å²) in [6, 6.07) is 0. The maximum atomic E-state index is 10.8. The summed E-state index contributed by atoms with van der Waals surface area (Å²) < 4.78 is 0. The van der Waals surface area contributed by atoms with Crippen molar-refractivity contribution in [2.24, 2.45) is 11.8 Å². The van der Waals surface area contributed by atoms with Gasteiger partial charge in [-0.05, 0) is 12.8 Å². The third-order valence-electron chi connectivity index (χ3n) is 2.47. The molecule has 0 aliphatic heterocycles. The van der Waals surface area contributed by atoms with Crippen molar-refractivity contribution in [2.45, 2.75) is 22.5 Å². The average Bonchev–Trinajstić information content (AvgIpc) is 2.08. The van der Waals surface area contributed by atoms with Gasteiger partial charge in [-0.2, -0.15) is 0 Å². The van der Waals surface area contributed by atoms with Crippen LogP contribution in [0.2, 0.25) is 0 Å². The van der Waals surface area contributed by atoms with Crippen LogP contribution < -0.4 is 0 Å². The largest absolute Gasteiger partial charge is 0.481 e. The number of hydrogen-bond donors (Lipinski definition) is 2. The summed E-state index contributed by atoms with van der Waals surface area (Å²) in [4.78, 5) is 21.7. The molecule has 4 atom stereocenters. The van der Waals surface area contributed by atoms with Crippen molar-refractivity contribution in [3.63, 3.8) is 0 Å². The minimum Gasteiger partial charge on any atom is -0.481 e. The van der Waals surface area contributed by atoms with E-state index in [2.05, 4.69) is 31.9 Å². The molecule has 1 saturated carbocycles. The van der Waals surface area contributed by atoms with Gasteiger partial charge in [0.15, 0.2) is 0 Å². The number of alkyl halides is 2. The molecule has 0 saturated heterocycles. The molecular formula is C8H10Br2O4. The second-order valence-corrected chi connectivity index (χ2v) is 5.75. The number of aliphatic carboxylic acids is 2. The molecule has 80 valence electrons. The summed E-state index contributed by atoms with van der Waals surface area (Å²) in [6.07, 6.45) is 0.699. The molecule has 0 amide bonds. The molecule has 1 aliphatic rings. The van der Waals surface area contributed by atoms with Crippen molar-refractivity contribution in [1.82, 2.24) is 0 Å². The molecule has 1 rings (SSSR count). The van der Waals surface area contributed by atoms with Crippen LogP contribution in [-0.4, -0.2) is 31.8 Å². The zero-order valence-corrected chi connectivity index (χ0v) is 10.4. The van der Waals surface area contributed by atoms with E-state index < -0.39 is 23.8 Å². The van der Waals surface area contributed by atoms with E-state index in [-0.39, 0.29) is 9.65 Å². The van der Waals surface area contributed by atoms with Crippen LogP contribution in [0, 0.1) is 11.8 Å². The van der Waals surface area contributed by atoms with Gasteiger partial charge in [0.05, 0.1) is 11.8 Å². The number of halogens is 2. The zero-order valence-electron chi connectivity index (χ0n) is 7.19. The third kappa shape index (κ3) is 2.48. The second kappa shape index (κ2) is 4.61. The van der Waals surface area contributed by atoms with Crippen molar-refractivity contribution in [2.75, 3.05) is 0 Å². The molecule has 0 radical (unpaired) electrons. The van der Waals surface area contributed by atoms with Crippen molar-refractivity contribution < 1.29 is 19.8 Å². The first-order valence-electron chi connectivity index (χ1n) is 4.17. The molecule has 0 bridgehead atoms. The smallest absolute Gasteiger partial charge is 0.307 e. The Morgan fingerprint density at radius 1 is 0.929 bits per heavy atom. The normalized spacial score (nSPS) is 37.9. The lowest BCUT2D eigenvalue weighted by atomic mass is 9.79. The Bertz CT molecular complexity index is 230. The lowest BCUT2D eigenvalue weighted by Gasteiger charge is -2.32. The lowest BCUT2D eigenvalue weighted by Crippen LogP contribution is -2.40. The van der Waals surface area contributed by atoms with E-state index in [4.69, 9.17) is 10.2 Å². The van der Waals surface area contributed by atoms with Crippen LogP contribution in [0.3, 0.4) is 0 Å². The molecule has 14 heavy (non-hydrogen) atoms. The van der Waals surface area contributed by atoms with E-state index in [1.165, 1.54) is 0 Å². The number of carbonyl (C=O) groups is 2. The molecule has 2 N–H and O–H groups in total. The molecule has 0 spiro atoms. The van der Waals surface area contributed by atoms with Gasteiger partial charge in [-0.25, -0.2) is 0 Å². The quantitative estimate of drug-likeness (QED) is 0.756. The van der Waals surface area contributed by atoms with Crippen LogP contribution in [0.4, 0.5) is 0 Å². The standard InChI is InChI=1S/C8H10Br2O4/c9-5-1-3(7(11)12)4(8(13)14)2-6(5)10/h3-6H,1-2H2,(H,11,12)(H,13,14)/t3-,4-,5+,6+/m1/s1. The van der Waals surface area contributed by atoms with Gasteiger partial charge in [0.25, 0.3) is 0 Å². The number of carboxylic acid groups (broad SMARTS) is 2. The van der Waals surface area contributed by atoms with Gasteiger partial charge < -0.3 is 10.2 Å². The predicted octanol–water partition coefficient (Wildman–Crippen LogP) is 1.71. The van der Waals surface area contributed by atoms with Gasteiger partial charge in [0.2, 0.25) is 0 Å².